The van der Waals surface area contributed by atoms with E-state index in [9.17, 15) is 4.79 Å². The predicted octanol–water partition coefficient (Wildman–Crippen LogP) is 1.60. The van der Waals surface area contributed by atoms with Crippen LogP contribution in [0.4, 0.5) is 0 Å². The van der Waals surface area contributed by atoms with Crippen LogP contribution in [-0.4, -0.2) is 16.1 Å². The first-order valence-corrected chi connectivity index (χ1v) is 3.95. The monoisotopic (exact) mass is 174 g/mol. The van der Waals surface area contributed by atoms with Gasteiger partial charge in [0, 0.05) is 16.6 Å². The summed E-state index contributed by atoms with van der Waals surface area (Å²) >= 11 is 0. The Balaban J connectivity index is 2.44. The van der Waals surface area contributed by atoms with E-state index >= 15 is 0 Å². The van der Waals surface area contributed by atoms with Crippen molar-refractivity contribution in [2.24, 2.45) is 0 Å². The molecule has 0 amide bonds. The number of hydrogen-bond acceptors (Lipinski definition) is 1. The third-order valence-corrected chi connectivity index (χ3v) is 1.86. The first-order valence-electron chi connectivity index (χ1n) is 3.95. The Hall–Kier alpha value is -1.77. The van der Waals surface area contributed by atoms with Crippen LogP contribution in [0.1, 0.15) is 5.69 Å². The number of carboxylic acid groups (broad SMARTS) is 1. The minimum atomic E-state index is -0.824. The lowest BCUT2D eigenvalue weighted by Gasteiger charge is -1.88. The van der Waals surface area contributed by atoms with Gasteiger partial charge in [-0.3, -0.25) is 4.79 Å². The lowest BCUT2D eigenvalue weighted by molar-refractivity contribution is -0.136. The molecule has 0 saturated carbocycles. The van der Waals surface area contributed by atoms with E-state index < -0.39 is 5.97 Å². The Morgan fingerprint density at radius 2 is 2.46 bits per heavy atom. The number of fused-ring (bicyclic) bond motifs is 1. The van der Waals surface area contributed by atoms with Gasteiger partial charge in [-0.2, -0.15) is 0 Å². The van der Waals surface area contributed by atoms with Crippen molar-refractivity contribution >= 4 is 16.9 Å². The minimum absolute atomic E-state index is 0.0364. The molecule has 3 heteroatoms. The predicted molar refractivity (Wildman–Crippen MR) is 48.5 cm³/mol. The molecule has 0 aliphatic rings. The maximum atomic E-state index is 10.4. The number of nitrogens with one attached hydrogen (secondary N) is 1. The third kappa shape index (κ3) is 1.54. The van der Waals surface area contributed by atoms with Crippen LogP contribution in [0.5, 0.6) is 0 Å². The molecular weight excluding hydrogens is 166 g/mol. The highest BCUT2D eigenvalue weighted by atomic mass is 16.4. The summed E-state index contributed by atoms with van der Waals surface area (Å²) < 4.78 is 0. The van der Waals surface area contributed by atoms with Gasteiger partial charge in [0.2, 0.25) is 0 Å². The van der Waals surface area contributed by atoms with Gasteiger partial charge in [-0.25, -0.2) is 0 Å². The van der Waals surface area contributed by atoms with Gasteiger partial charge in [-0.1, -0.05) is 6.07 Å². The molecule has 1 aromatic carbocycles. The summed E-state index contributed by atoms with van der Waals surface area (Å²) in [4.78, 5) is 13.4. The van der Waals surface area contributed by atoms with Crippen LogP contribution in [0.25, 0.3) is 10.9 Å². The maximum absolute atomic E-state index is 10.4. The van der Waals surface area contributed by atoms with Crippen molar-refractivity contribution in [2.45, 2.75) is 6.42 Å². The molecule has 13 heavy (non-hydrogen) atoms. The van der Waals surface area contributed by atoms with Gasteiger partial charge in [-0.15, -0.1) is 0 Å². The molecule has 2 aromatic rings. The standard InChI is InChI=1S/C10H8NO2/c12-10(13)6-8-5-7-3-1-2-4-9(7)11-8/h2-5,11H,6H2,(H,12,13). The number of H-pyrrole nitrogens is 1. The minimum Gasteiger partial charge on any atom is -0.481 e. The SMILES string of the molecule is O=C(O)Cc1cc2c[c]ccc2[nH]1. The van der Waals surface area contributed by atoms with E-state index in [0.717, 1.165) is 16.6 Å². The second kappa shape index (κ2) is 2.94. The van der Waals surface area contributed by atoms with Crippen LogP contribution in [0.3, 0.4) is 0 Å². The average molecular weight is 174 g/mol. The molecule has 0 aliphatic heterocycles. The van der Waals surface area contributed by atoms with E-state index in [-0.39, 0.29) is 6.42 Å². The van der Waals surface area contributed by atoms with Gasteiger partial charge in [0.05, 0.1) is 6.42 Å². The molecule has 2 rings (SSSR count). The fraction of sp³-hybridized carbons (Fsp3) is 0.100. The van der Waals surface area contributed by atoms with Crippen molar-refractivity contribution in [1.29, 1.82) is 0 Å². The van der Waals surface area contributed by atoms with Gasteiger partial charge in [0.15, 0.2) is 0 Å². The number of aromatic amines is 1. The quantitative estimate of drug-likeness (QED) is 0.726. The van der Waals surface area contributed by atoms with Crippen LogP contribution >= 0.6 is 0 Å². The van der Waals surface area contributed by atoms with Gasteiger partial charge >= 0.3 is 5.97 Å². The number of benzene rings is 1. The maximum Gasteiger partial charge on any atom is 0.309 e. The Morgan fingerprint density at radius 1 is 1.62 bits per heavy atom. The molecule has 0 unspecified atom stereocenters. The fourth-order valence-corrected chi connectivity index (χ4v) is 1.33. The smallest absolute Gasteiger partial charge is 0.309 e. The number of aliphatic carboxylic acids is 1. The summed E-state index contributed by atoms with van der Waals surface area (Å²) in [5, 5.41) is 9.56. The molecule has 0 atom stereocenters. The summed E-state index contributed by atoms with van der Waals surface area (Å²) in [6.45, 7) is 0. The topological polar surface area (TPSA) is 53.1 Å². The number of hydrogen-bond donors (Lipinski definition) is 2. The Bertz CT molecular complexity index is 412. The summed E-state index contributed by atoms with van der Waals surface area (Å²) in [6, 6.07) is 10.3. The van der Waals surface area contributed by atoms with E-state index in [0.29, 0.717) is 0 Å². The van der Waals surface area contributed by atoms with E-state index in [4.69, 9.17) is 5.11 Å². The van der Waals surface area contributed by atoms with Gasteiger partial charge < -0.3 is 10.1 Å². The first-order chi connectivity index (χ1) is 6.25. The van der Waals surface area contributed by atoms with E-state index in [1.807, 2.05) is 18.2 Å². The highest BCUT2D eigenvalue weighted by Gasteiger charge is 2.03. The zero-order valence-electron chi connectivity index (χ0n) is 6.87. The van der Waals surface area contributed by atoms with E-state index in [2.05, 4.69) is 11.1 Å². The molecular formula is C10H8NO2. The molecule has 0 saturated heterocycles. The van der Waals surface area contributed by atoms with Crippen LogP contribution in [0, 0.1) is 6.07 Å². The van der Waals surface area contributed by atoms with Crippen molar-refractivity contribution < 1.29 is 9.90 Å². The molecule has 1 aromatic heterocycles. The average Bonchev–Trinajstić information content (AvgIpc) is 2.44. The number of aromatic nitrogens is 1. The van der Waals surface area contributed by atoms with Crippen molar-refractivity contribution in [2.75, 3.05) is 0 Å². The second-order valence-electron chi connectivity index (χ2n) is 2.88. The lowest BCUT2D eigenvalue weighted by Crippen LogP contribution is -1.99. The third-order valence-electron chi connectivity index (χ3n) is 1.86. The van der Waals surface area contributed by atoms with Gasteiger partial charge in [0.1, 0.15) is 0 Å². The zero-order valence-corrected chi connectivity index (χ0v) is 6.87. The highest BCUT2D eigenvalue weighted by molar-refractivity contribution is 5.81. The second-order valence-corrected chi connectivity index (χ2v) is 2.88. The molecule has 1 heterocycles. The number of rotatable bonds is 2. The molecule has 65 valence electrons. The summed E-state index contributed by atoms with van der Waals surface area (Å²) in [5.41, 5.74) is 1.68. The molecule has 2 N–H and O–H groups in total. The van der Waals surface area contributed by atoms with Crippen molar-refractivity contribution in [1.82, 2.24) is 4.98 Å². The highest BCUT2D eigenvalue weighted by Crippen LogP contribution is 2.14. The normalized spacial score (nSPS) is 10.5. The Labute approximate surface area is 75.0 Å². The fourth-order valence-electron chi connectivity index (χ4n) is 1.33. The van der Waals surface area contributed by atoms with Gasteiger partial charge in [-0.05, 0) is 24.3 Å². The van der Waals surface area contributed by atoms with E-state index in [1.54, 1.807) is 6.07 Å². The van der Waals surface area contributed by atoms with Crippen molar-refractivity contribution in [3.8, 4) is 0 Å². The molecule has 3 nitrogen and oxygen atoms in total. The Morgan fingerprint density at radius 3 is 3.15 bits per heavy atom. The first kappa shape index (κ1) is 7.86. The largest absolute Gasteiger partial charge is 0.481 e. The number of carbonyl (C=O) groups is 1. The summed E-state index contributed by atoms with van der Waals surface area (Å²) in [5.74, 6) is -0.824. The zero-order chi connectivity index (χ0) is 9.26. The van der Waals surface area contributed by atoms with E-state index in [1.165, 1.54) is 0 Å². The molecule has 0 fully saturated rings. The lowest BCUT2D eigenvalue weighted by atomic mass is 10.2. The summed E-state index contributed by atoms with van der Waals surface area (Å²) in [7, 11) is 0. The molecule has 0 bridgehead atoms. The van der Waals surface area contributed by atoms with Crippen LogP contribution in [0.2, 0.25) is 0 Å². The van der Waals surface area contributed by atoms with Crippen LogP contribution in [-0.2, 0) is 11.2 Å². The Kier molecular flexibility index (Phi) is 1.77. The van der Waals surface area contributed by atoms with Gasteiger partial charge in [0.25, 0.3) is 0 Å². The van der Waals surface area contributed by atoms with Crippen molar-refractivity contribution in [3.63, 3.8) is 0 Å². The van der Waals surface area contributed by atoms with Crippen LogP contribution in [0.15, 0.2) is 24.3 Å². The molecule has 0 spiro atoms. The molecule has 1 radical (unpaired) electrons. The molecule has 0 aliphatic carbocycles. The number of carboxylic acids is 1. The van der Waals surface area contributed by atoms with Crippen molar-refractivity contribution in [3.05, 3.63) is 36.0 Å². The summed E-state index contributed by atoms with van der Waals surface area (Å²) in [6.07, 6.45) is 0.0364. The van der Waals surface area contributed by atoms with Crippen LogP contribution < -0.4 is 0 Å².